The lowest BCUT2D eigenvalue weighted by atomic mass is 9.47. The molecule has 4 unspecified atom stereocenters. The molecule has 284 valence electrons. The van der Waals surface area contributed by atoms with Gasteiger partial charge in [0.2, 0.25) is 0 Å². The Balaban J connectivity index is 1.04. The highest BCUT2D eigenvalue weighted by Crippen LogP contribution is 2.62. The van der Waals surface area contributed by atoms with Crippen LogP contribution in [0.3, 0.4) is 0 Å². The number of unbranched alkanes of at least 4 members (excludes halogenated alkanes) is 11. The lowest BCUT2D eigenvalue weighted by Crippen LogP contribution is -2.53. The molecule has 0 heterocycles. The van der Waals surface area contributed by atoms with E-state index in [1.807, 2.05) is 0 Å². The Hall–Kier alpha value is -1.84. The Morgan fingerprint density at radius 1 is 0.800 bits per heavy atom. The highest BCUT2D eigenvalue weighted by Gasteiger charge is 2.57. The normalized spacial score (nSPS) is 29.6. The van der Waals surface area contributed by atoms with Crippen LogP contribution in [-0.4, -0.2) is 25.2 Å². The number of ether oxygens (including phenoxy) is 2. The number of rotatable bonds is 21. The average molecular weight is 693 g/mol. The minimum absolute atomic E-state index is 0.0271. The highest BCUT2D eigenvalue weighted by atomic mass is 16.5. The highest BCUT2D eigenvalue weighted by molar-refractivity contribution is 5.77. The summed E-state index contributed by atoms with van der Waals surface area (Å²) < 4.78 is 11.9. The predicted molar refractivity (Wildman–Crippen MR) is 209 cm³/mol. The molecular weight excluding hydrogens is 617 g/mol. The van der Waals surface area contributed by atoms with E-state index < -0.39 is 5.41 Å². The molecule has 4 nitrogen and oxygen atoms in total. The number of hydrogen-bond donors (Lipinski definition) is 0. The summed E-state index contributed by atoms with van der Waals surface area (Å²) in [5.74, 6) is 2.44. The van der Waals surface area contributed by atoms with E-state index in [1.165, 1.54) is 89.9 Å². The molecule has 0 aromatic carbocycles. The van der Waals surface area contributed by atoms with Gasteiger partial charge in [-0.2, -0.15) is 0 Å². The molecule has 2 fully saturated rings. The summed E-state index contributed by atoms with van der Waals surface area (Å²) in [6.07, 6.45) is 37.6. The van der Waals surface area contributed by atoms with E-state index in [4.69, 9.17) is 9.47 Å². The third kappa shape index (κ3) is 11.8. The first-order chi connectivity index (χ1) is 24.2. The zero-order chi connectivity index (χ0) is 35.8. The van der Waals surface area contributed by atoms with Gasteiger partial charge in [-0.25, -0.2) is 0 Å². The van der Waals surface area contributed by atoms with E-state index in [9.17, 15) is 9.59 Å². The van der Waals surface area contributed by atoms with Crippen LogP contribution in [0, 0.1) is 40.4 Å². The zero-order valence-electron chi connectivity index (χ0n) is 33.2. The first-order valence-electron chi connectivity index (χ1n) is 21.6. The van der Waals surface area contributed by atoms with Crippen LogP contribution in [0.25, 0.3) is 0 Å². The first kappa shape index (κ1) is 40.9. The molecule has 0 spiro atoms. The second-order valence-electron chi connectivity index (χ2n) is 17.7. The van der Waals surface area contributed by atoms with E-state index in [-0.39, 0.29) is 17.4 Å². The summed E-state index contributed by atoms with van der Waals surface area (Å²) in [7, 11) is 0. The van der Waals surface area contributed by atoms with Crippen molar-refractivity contribution in [1.82, 2.24) is 0 Å². The minimum Gasteiger partial charge on any atom is -0.465 e. The van der Waals surface area contributed by atoms with Crippen molar-refractivity contribution in [2.24, 2.45) is 40.4 Å². The minimum atomic E-state index is -0.396. The molecular formula is C46H76O4. The van der Waals surface area contributed by atoms with Crippen molar-refractivity contribution in [1.29, 1.82) is 0 Å². The van der Waals surface area contributed by atoms with Gasteiger partial charge in [0.15, 0.2) is 0 Å². The van der Waals surface area contributed by atoms with Crippen molar-refractivity contribution in [3.8, 4) is 0 Å². The van der Waals surface area contributed by atoms with Crippen LogP contribution in [0.2, 0.25) is 0 Å². The summed E-state index contributed by atoms with van der Waals surface area (Å²) in [6, 6.07) is 0. The number of carbonyl (C=O) groups excluding carboxylic acids is 2. The summed E-state index contributed by atoms with van der Waals surface area (Å²) in [5.41, 5.74) is 2.91. The Labute approximate surface area is 308 Å². The molecule has 0 aliphatic heterocycles. The molecule has 4 rings (SSSR count). The smallest absolute Gasteiger partial charge is 0.312 e. The maximum Gasteiger partial charge on any atom is 0.312 e. The fraction of sp³-hybridized carbons (Fsp3) is 0.826. The monoisotopic (exact) mass is 693 g/mol. The first-order valence-corrected chi connectivity index (χ1v) is 21.6. The van der Waals surface area contributed by atoms with Crippen LogP contribution in [0.5, 0.6) is 0 Å². The summed E-state index contributed by atoms with van der Waals surface area (Å²) >= 11 is 0. The molecule has 4 aliphatic rings. The third-order valence-corrected chi connectivity index (χ3v) is 13.6. The topological polar surface area (TPSA) is 52.6 Å². The van der Waals surface area contributed by atoms with Gasteiger partial charge in [0.1, 0.15) is 0 Å². The predicted octanol–water partition coefficient (Wildman–Crippen LogP) is 13.1. The van der Waals surface area contributed by atoms with Crippen LogP contribution < -0.4 is 0 Å². The van der Waals surface area contributed by atoms with Crippen LogP contribution in [0.1, 0.15) is 189 Å². The van der Waals surface area contributed by atoms with Gasteiger partial charge in [0, 0.05) is 6.42 Å². The molecule has 0 saturated heterocycles. The van der Waals surface area contributed by atoms with Crippen molar-refractivity contribution in [2.45, 2.75) is 189 Å². The van der Waals surface area contributed by atoms with E-state index in [0.29, 0.717) is 49.2 Å². The molecule has 50 heavy (non-hydrogen) atoms. The molecule has 4 aliphatic carbocycles. The number of esters is 2. The van der Waals surface area contributed by atoms with Gasteiger partial charge in [0.05, 0.1) is 18.6 Å². The van der Waals surface area contributed by atoms with Crippen molar-refractivity contribution in [3.63, 3.8) is 0 Å². The van der Waals surface area contributed by atoms with Gasteiger partial charge in [-0.1, -0.05) is 115 Å². The van der Waals surface area contributed by atoms with Crippen LogP contribution in [0.15, 0.2) is 35.5 Å². The number of fused-ring (bicyclic) bond motifs is 3. The van der Waals surface area contributed by atoms with E-state index >= 15 is 0 Å². The summed E-state index contributed by atoms with van der Waals surface area (Å²) in [4.78, 5) is 26.2. The fourth-order valence-corrected chi connectivity index (χ4v) is 10.1. The third-order valence-electron chi connectivity index (χ3n) is 13.6. The standard InChI is InChI=1S/C46H76O4/c1-6-7-8-9-10-11-12-13-14-15-16-17-18-19-20-22-43(47)49-34-37-23-25-38(26-24-37)35-50-44(48)46(5)32-21-31-45(4)41-29-27-39(36(2)3)33-40(41)28-30-42(45)46/h13-14,28,33,36-38,41-42H,6-12,15-27,29-32,34-35H2,1-5H3/b14-13-. The van der Waals surface area contributed by atoms with Crippen molar-refractivity contribution in [3.05, 3.63) is 35.5 Å². The van der Waals surface area contributed by atoms with Crippen molar-refractivity contribution < 1.29 is 19.1 Å². The molecule has 0 radical (unpaired) electrons. The van der Waals surface area contributed by atoms with Crippen molar-refractivity contribution >= 4 is 11.9 Å². The lowest BCUT2D eigenvalue weighted by molar-refractivity contribution is -0.171. The Morgan fingerprint density at radius 3 is 2.04 bits per heavy atom. The molecule has 4 atom stereocenters. The van der Waals surface area contributed by atoms with E-state index in [0.717, 1.165) is 57.8 Å². The molecule has 4 heteroatoms. The Morgan fingerprint density at radius 2 is 1.40 bits per heavy atom. The molecule has 0 amide bonds. The second kappa shape index (κ2) is 21.0. The maximum absolute atomic E-state index is 13.8. The number of hydrogen-bond acceptors (Lipinski definition) is 4. The van der Waals surface area contributed by atoms with Gasteiger partial charge in [0.25, 0.3) is 0 Å². The SMILES string of the molecule is CCCCCCCC/C=C\CCCCCCCC(=O)OCC1CCC(COC(=O)C2(C)CCCC3(C)C4CCC(C(C)C)=CC4=CCC23)CC1. The number of allylic oxidation sites excluding steroid dienone is 6. The lowest BCUT2D eigenvalue weighted by Gasteiger charge is -2.57. The Bertz CT molecular complexity index is 1120. The van der Waals surface area contributed by atoms with Crippen LogP contribution in [-0.2, 0) is 19.1 Å². The quantitative estimate of drug-likeness (QED) is 0.0682. The molecule has 0 aromatic heterocycles. The van der Waals surface area contributed by atoms with Gasteiger partial charge < -0.3 is 9.47 Å². The Kier molecular flexibility index (Phi) is 17.2. The van der Waals surface area contributed by atoms with Gasteiger partial charge in [-0.15, -0.1) is 0 Å². The molecule has 2 saturated carbocycles. The molecule has 0 N–H and O–H groups in total. The largest absolute Gasteiger partial charge is 0.465 e. The fourth-order valence-electron chi connectivity index (χ4n) is 10.1. The average Bonchev–Trinajstić information content (AvgIpc) is 3.11. The van der Waals surface area contributed by atoms with Crippen LogP contribution >= 0.6 is 0 Å². The zero-order valence-corrected chi connectivity index (χ0v) is 33.2. The van der Waals surface area contributed by atoms with E-state index in [2.05, 4.69) is 58.9 Å². The van der Waals surface area contributed by atoms with Crippen molar-refractivity contribution in [2.75, 3.05) is 13.2 Å². The van der Waals surface area contributed by atoms with Crippen LogP contribution in [0.4, 0.5) is 0 Å². The van der Waals surface area contributed by atoms with Gasteiger partial charge in [-0.05, 0) is 137 Å². The maximum atomic E-state index is 13.8. The number of carbonyl (C=O) groups is 2. The summed E-state index contributed by atoms with van der Waals surface area (Å²) in [6.45, 7) is 12.7. The molecule has 0 bridgehead atoms. The van der Waals surface area contributed by atoms with Gasteiger partial charge in [-0.3, -0.25) is 9.59 Å². The van der Waals surface area contributed by atoms with E-state index in [1.54, 1.807) is 11.1 Å². The van der Waals surface area contributed by atoms with Gasteiger partial charge >= 0.3 is 11.9 Å². The second-order valence-corrected chi connectivity index (χ2v) is 17.7. The molecule has 0 aromatic rings. The summed E-state index contributed by atoms with van der Waals surface area (Å²) in [5, 5.41) is 0.